The molecule has 0 aliphatic rings. The van der Waals surface area contributed by atoms with E-state index in [0.717, 1.165) is 11.1 Å². The molecule has 0 saturated carbocycles. The third-order valence-corrected chi connectivity index (χ3v) is 5.11. The number of hydrogen-bond donors (Lipinski definition) is 2. The lowest BCUT2D eigenvalue weighted by Crippen LogP contribution is -2.41. The van der Waals surface area contributed by atoms with Gasteiger partial charge in [0.05, 0.1) is 12.2 Å². The minimum absolute atomic E-state index is 0.298. The summed E-state index contributed by atoms with van der Waals surface area (Å²) in [5.41, 5.74) is 8.23. The number of carbonyl (C=O) groups is 2. The highest BCUT2D eigenvalue weighted by Gasteiger charge is 2.18. The lowest BCUT2D eigenvalue weighted by Gasteiger charge is -2.08. The Bertz CT molecular complexity index is 1470. The fourth-order valence-electron chi connectivity index (χ4n) is 3.45. The number of tetrazole rings is 1. The smallest absolute Gasteiger partial charge is 0.267 e. The van der Waals surface area contributed by atoms with Crippen molar-refractivity contribution in [3.63, 3.8) is 0 Å². The topological polar surface area (TPSA) is 132 Å². The number of aryl methyl sites for hydroxylation is 1. The maximum absolute atomic E-state index is 12.6. The van der Waals surface area contributed by atoms with Gasteiger partial charge in [0.1, 0.15) is 5.56 Å². The number of nitrogens with one attached hydrogen (secondary N) is 2. The van der Waals surface area contributed by atoms with E-state index in [1.54, 1.807) is 49.6 Å². The third-order valence-electron chi connectivity index (χ3n) is 5.11. The van der Waals surface area contributed by atoms with E-state index in [1.165, 1.54) is 9.31 Å². The number of fused-ring (bicyclic) bond motifs is 1. The molecule has 0 aliphatic carbocycles. The minimum Gasteiger partial charge on any atom is -0.267 e. The largest absolute Gasteiger partial charge is 0.275 e. The summed E-state index contributed by atoms with van der Waals surface area (Å²) in [4.78, 5) is 30.8. The summed E-state index contributed by atoms with van der Waals surface area (Å²) < 4.78 is 1.51. The minimum atomic E-state index is -0.498. The second-order valence-corrected chi connectivity index (χ2v) is 7.46. The Morgan fingerprint density at radius 1 is 0.912 bits per heavy atom. The predicted molar refractivity (Wildman–Crippen MR) is 121 cm³/mol. The van der Waals surface area contributed by atoms with Crippen molar-refractivity contribution in [2.75, 3.05) is 0 Å². The molecule has 11 nitrogen and oxygen atoms in total. The van der Waals surface area contributed by atoms with E-state index >= 15 is 0 Å². The highest BCUT2D eigenvalue weighted by atomic mass is 16.2. The van der Waals surface area contributed by atoms with Gasteiger partial charge in [-0.3, -0.25) is 20.4 Å². The van der Waals surface area contributed by atoms with Crippen LogP contribution in [0.2, 0.25) is 0 Å². The summed E-state index contributed by atoms with van der Waals surface area (Å²) in [5, 5.41) is 16.8. The second-order valence-electron chi connectivity index (χ2n) is 7.46. The fraction of sp³-hybridized carbons (Fsp3) is 0.0870. The van der Waals surface area contributed by atoms with Crippen molar-refractivity contribution in [1.82, 2.24) is 45.7 Å². The van der Waals surface area contributed by atoms with E-state index in [2.05, 4.69) is 36.3 Å². The Kier molecular flexibility index (Phi) is 5.48. The number of amides is 2. The number of rotatable bonds is 5. The summed E-state index contributed by atoms with van der Waals surface area (Å²) in [5.74, 6) is -0.404. The van der Waals surface area contributed by atoms with Crippen LogP contribution in [0.1, 0.15) is 32.0 Å². The number of hydrazine groups is 1. The maximum atomic E-state index is 12.6. The lowest BCUT2D eigenvalue weighted by molar-refractivity contribution is 0.0847. The van der Waals surface area contributed by atoms with Gasteiger partial charge in [0.25, 0.3) is 11.8 Å². The Morgan fingerprint density at radius 2 is 1.68 bits per heavy atom. The number of benzene rings is 2. The van der Waals surface area contributed by atoms with Crippen LogP contribution in [-0.4, -0.2) is 46.6 Å². The van der Waals surface area contributed by atoms with Gasteiger partial charge < -0.3 is 0 Å². The van der Waals surface area contributed by atoms with Gasteiger partial charge in [-0.05, 0) is 35.9 Å². The van der Waals surface area contributed by atoms with Crippen molar-refractivity contribution in [3.8, 4) is 11.4 Å². The molecule has 5 aromatic rings. The molecule has 0 saturated heterocycles. The van der Waals surface area contributed by atoms with Gasteiger partial charge in [0, 0.05) is 23.5 Å². The number of carbonyl (C=O) groups excluding carboxylic acids is 2. The van der Waals surface area contributed by atoms with Crippen molar-refractivity contribution in [3.05, 3.63) is 95.4 Å². The Morgan fingerprint density at radius 3 is 2.47 bits per heavy atom. The first-order valence-corrected chi connectivity index (χ1v) is 10.4. The molecular formula is C23H19N9O2. The van der Waals surface area contributed by atoms with Crippen LogP contribution in [0, 0.1) is 6.92 Å². The van der Waals surface area contributed by atoms with Crippen LogP contribution in [0.25, 0.3) is 17.0 Å². The molecule has 0 spiro atoms. The first-order valence-electron chi connectivity index (χ1n) is 10.4. The van der Waals surface area contributed by atoms with E-state index in [0.29, 0.717) is 34.8 Å². The molecular weight excluding hydrogens is 434 g/mol. The van der Waals surface area contributed by atoms with E-state index in [-0.39, 0.29) is 0 Å². The van der Waals surface area contributed by atoms with Crippen molar-refractivity contribution in [1.29, 1.82) is 0 Å². The summed E-state index contributed by atoms with van der Waals surface area (Å²) in [6, 6.07) is 18.2. The maximum Gasteiger partial charge on any atom is 0.275 e. The van der Waals surface area contributed by atoms with Crippen molar-refractivity contribution in [2.45, 2.75) is 13.5 Å². The predicted octanol–water partition coefficient (Wildman–Crippen LogP) is 1.81. The van der Waals surface area contributed by atoms with Gasteiger partial charge >= 0.3 is 0 Å². The standard InChI is InChI=1S/C23H19N9O2/c1-15-19(21-24-12-5-13-31(21)28-15)23(34)27-26-22(33)18-10-8-16(9-11-18)14-32-29-20(25-30-32)17-6-3-2-4-7-17/h2-13H,14H2,1H3,(H,26,33)(H,27,34). The third kappa shape index (κ3) is 4.21. The lowest BCUT2D eigenvalue weighted by atomic mass is 10.1. The number of aromatic nitrogens is 7. The number of hydrogen-bond acceptors (Lipinski definition) is 7. The normalized spacial score (nSPS) is 10.9. The van der Waals surface area contributed by atoms with E-state index in [4.69, 9.17) is 0 Å². The molecule has 3 heterocycles. The van der Waals surface area contributed by atoms with Gasteiger partial charge in [-0.1, -0.05) is 42.5 Å². The van der Waals surface area contributed by atoms with Crippen LogP contribution in [-0.2, 0) is 6.54 Å². The fourth-order valence-corrected chi connectivity index (χ4v) is 3.45. The zero-order valence-electron chi connectivity index (χ0n) is 18.1. The molecule has 0 atom stereocenters. The summed E-state index contributed by atoms with van der Waals surface area (Å²) >= 11 is 0. The molecule has 11 heteroatoms. The Hall–Kier alpha value is -4.93. The second kappa shape index (κ2) is 8.90. The monoisotopic (exact) mass is 453 g/mol. The molecule has 2 aromatic carbocycles. The van der Waals surface area contributed by atoms with Crippen LogP contribution in [0.4, 0.5) is 0 Å². The molecule has 0 bridgehead atoms. The van der Waals surface area contributed by atoms with Gasteiger partial charge in [-0.2, -0.15) is 9.90 Å². The van der Waals surface area contributed by atoms with Crippen LogP contribution in [0.15, 0.2) is 73.1 Å². The average Bonchev–Trinajstić information content (AvgIpc) is 3.47. The summed E-state index contributed by atoms with van der Waals surface area (Å²) in [6.07, 6.45) is 3.27. The zero-order chi connectivity index (χ0) is 23.5. The van der Waals surface area contributed by atoms with E-state index in [9.17, 15) is 9.59 Å². The van der Waals surface area contributed by atoms with E-state index in [1.807, 2.05) is 30.3 Å². The van der Waals surface area contributed by atoms with Crippen LogP contribution >= 0.6 is 0 Å². The van der Waals surface area contributed by atoms with Gasteiger partial charge in [-0.15, -0.1) is 10.2 Å². The quantitative estimate of drug-likeness (QED) is 0.388. The molecule has 3 aromatic heterocycles. The first-order chi connectivity index (χ1) is 16.6. The van der Waals surface area contributed by atoms with Crippen LogP contribution < -0.4 is 10.9 Å². The van der Waals surface area contributed by atoms with Crippen molar-refractivity contribution in [2.24, 2.45) is 0 Å². The van der Waals surface area contributed by atoms with Crippen molar-refractivity contribution < 1.29 is 9.59 Å². The van der Waals surface area contributed by atoms with Gasteiger partial charge in [-0.25, -0.2) is 9.50 Å². The molecule has 0 radical (unpaired) electrons. The average molecular weight is 453 g/mol. The van der Waals surface area contributed by atoms with Crippen LogP contribution in [0.3, 0.4) is 0 Å². The van der Waals surface area contributed by atoms with E-state index < -0.39 is 11.8 Å². The molecule has 5 rings (SSSR count). The highest BCUT2D eigenvalue weighted by Crippen LogP contribution is 2.14. The molecule has 0 aliphatic heterocycles. The zero-order valence-corrected chi connectivity index (χ0v) is 18.1. The number of nitrogens with zero attached hydrogens (tertiary/aromatic N) is 7. The van der Waals surface area contributed by atoms with Gasteiger partial charge in [0.15, 0.2) is 5.65 Å². The van der Waals surface area contributed by atoms with Crippen molar-refractivity contribution >= 4 is 17.5 Å². The SMILES string of the molecule is Cc1nn2cccnc2c1C(=O)NNC(=O)c1ccc(Cn2nnc(-c3ccccc3)n2)cc1. The highest BCUT2D eigenvalue weighted by molar-refractivity contribution is 6.03. The summed E-state index contributed by atoms with van der Waals surface area (Å²) in [6.45, 7) is 2.11. The van der Waals surface area contributed by atoms with Gasteiger partial charge in [0.2, 0.25) is 5.82 Å². The Balaban J connectivity index is 1.21. The Labute approximate surface area is 193 Å². The molecule has 168 valence electrons. The first kappa shape index (κ1) is 20.9. The molecule has 0 unspecified atom stereocenters. The molecule has 0 fully saturated rings. The molecule has 2 amide bonds. The van der Waals surface area contributed by atoms with Crippen LogP contribution in [0.5, 0.6) is 0 Å². The summed E-state index contributed by atoms with van der Waals surface area (Å²) in [7, 11) is 0. The molecule has 34 heavy (non-hydrogen) atoms. The molecule has 2 N–H and O–H groups in total.